The summed E-state index contributed by atoms with van der Waals surface area (Å²) in [6, 6.07) is 16.7. The summed E-state index contributed by atoms with van der Waals surface area (Å²) in [4.78, 5) is 33.0. The first-order valence-corrected chi connectivity index (χ1v) is 10.7. The molecule has 0 unspecified atom stereocenters. The quantitative estimate of drug-likeness (QED) is 0.441. The van der Waals surface area contributed by atoms with Crippen LogP contribution in [0.15, 0.2) is 70.8 Å². The Morgan fingerprint density at radius 3 is 2.68 bits per heavy atom. The van der Waals surface area contributed by atoms with Crippen LogP contribution in [-0.2, 0) is 4.79 Å². The van der Waals surface area contributed by atoms with Crippen LogP contribution in [0.4, 0.5) is 5.82 Å². The lowest BCUT2D eigenvalue weighted by Crippen LogP contribution is -2.18. The second-order valence-electron chi connectivity index (χ2n) is 7.19. The summed E-state index contributed by atoms with van der Waals surface area (Å²) < 4.78 is 1.45. The van der Waals surface area contributed by atoms with E-state index in [0.29, 0.717) is 17.2 Å². The van der Waals surface area contributed by atoms with Crippen LogP contribution >= 0.6 is 11.3 Å². The molecule has 3 heterocycles. The van der Waals surface area contributed by atoms with Gasteiger partial charge in [0.05, 0.1) is 10.6 Å². The van der Waals surface area contributed by atoms with Gasteiger partial charge in [-0.1, -0.05) is 50.2 Å². The molecular weight excluding hydrogens is 410 g/mol. The lowest BCUT2D eigenvalue weighted by Gasteiger charge is -2.09. The normalized spacial score (nSPS) is 11.3. The van der Waals surface area contributed by atoms with Crippen molar-refractivity contribution < 1.29 is 4.79 Å². The second kappa shape index (κ2) is 8.93. The third-order valence-electron chi connectivity index (χ3n) is 4.50. The molecule has 0 spiro atoms. The van der Waals surface area contributed by atoms with Gasteiger partial charge in [0.25, 0.3) is 5.56 Å². The molecule has 0 aliphatic carbocycles. The molecule has 156 valence electrons. The minimum atomic E-state index is -0.315. The van der Waals surface area contributed by atoms with E-state index in [0.717, 1.165) is 10.4 Å². The molecule has 4 aromatic rings. The first-order valence-electron chi connectivity index (χ1n) is 9.79. The SMILES string of the molecule is CC(C)c1cc(=O)[nH]c(-n2nc(-c3cccs3)cc2NC(=O)/C=C\c2ccccc2)n1. The van der Waals surface area contributed by atoms with Gasteiger partial charge in [-0.2, -0.15) is 9.78 Å². The summed E-state index contributed by atoms with van der Waals surface area (Å²) in [6.45, 7) is 3.92. The third kappa shape index (κ3) is 4.87. The maximum Gasteiger partial charge on any atom is 0.252 e. The number of nitrogens with one attached hydrogen (secondary N) is 2. The molecule has 0 aliphatic heterocycles. The molecule has 0 radical (unpaired) electrons. The highest BCUT2D eigenvalue weighted by Crippen LogP contribution is 2.27. The number of thiophene rings is 1. The first-order chi connectivity index (χ1) is 15.0. The van der Waals surface area contributed by atoms with Gasteiger partial charge in [0.15, 0.2) is 0 Å². The Bertz CT molecular complexity index is 1270. The van der Waals surface area contributed by atoms with Crippen molar-refractivity contribution in [2.45, 2.75) is 19.8 Å². The highest BCUT2D eigenvalue weighted by atomic mass is 32.1. The number of hydrogen-bond donors (Lipinski definition) is 2. The Balaban J connectivity index is 1.71. The van der Waals surface area contributed by atoms with Gasteiger partial charge in [-0.05, 0) is 29.0 Å². The molecule has 0 atom stereocenters. The number of aromatic nitrogens is 4. The van der Waals surface area contributed by atoms with Crippen molar-refractivity contribution in [1.82, 2.24) is 19.7 Å². The number of amides is 1. The van der Waals surface area contributed by atoms with E-state index in [-0.39, 0.29) is 23.3 Å². The van der Waals surface area contributed by atoms with Crippen LogP contribution in [0.1, 0.15) is 31.0 Å². The van der Waals surface area contributed by atoms with Crippen molar-refractivity contribution >= 4 is 29.1 Å². The van der Waals surface area contributed by atoms with Crippen molar-refractivity contribution in [2.24, 2.45) is 0 Å². The molecule has 3 aromatic heterocycles. The molecule has 0 fully saturated rings. The van der Waals surface area contributed by atoms with Crippen molar-refractivity contribution in [2.75, 3.05) is 5.32 Å². The summed E-state index contributed by atoms with van der Waals surface area (Å²) in [7, 11) is 0. The van der Waals surface area contributed by atoms with Crippen molar-refractivity contribution in [3.05, 3.63) is 87.7 Å². The number of benzene rings is 1. The van der Waals surface area contributed by atoms with E-state index >= 15 is 0 Å². The van der Waals surface area contributed by atoms with Crippen molar-refractivity contribution in [1.29, 1.82) is 0 Å². The fourth-order valence-electron chi connectivity index (χ4n) is 2.94. The summed E-state index contributed by atoms with van der Waals surface area (Å²) >= 11 is 1.54. The van der Waals surface area contributed by atoms with Gasteiger partial charge in [-0.15, -0.1) is 11.3 Å². The van der Waals surface area contributed by atoms with Crippen LogP contribution in [0.25, 0.3) is 22.6 Å². The lowest BCUT2D eigenvalue weighted by molar-refractivity contribution is -0.111. The van der Waals surface area contributed by atoms with Crippen molar-refractivity contribution in [3.63, 3.8) is 0 Å². The highest BCUT2D eigenvalue weighted by Gasteiger charge is 2.16. The zero-order valence-corrected chi connectivity index (χ0v) is 17.9. The van der Waals surface area contributed by atoms with E-state index in [1.54, 1.807) is 12.1 Å². The monoisotopic (exact) mass is 431 g/mol. The average Bonchev–Trinajstić information content (AvgIpc) is 3.42. The molecule has 31 heavy (non-hydrogen) atoms. The summed E-state index contributed by atoms with van der Waals surface area (Å²) in [5.74, 6) is 0.418. The zero-order chi connectivity index (χ0) is 21.8. The van der Waals surface area contributed by atoms with Gasteiger partial charge in [0.2, 0.25) is 11.9 Å². The standard InChI is InChI=1S/C23H21N5O2S/c1-15(2)17-14-22(30)26-23(24-17)28-20(13-18(27-28)19-9-6-12-31-19)25-21(29)11-10-16-7-4-3-5-8-16/h3-15H,1-2H3,(H,25,29)(H,24,26,30)/b11-10-. The Kier molecular flexibility index (Phi) is 5.90. The van der Waals surface area contributed by atoms with Gasteiger partial charge >= 0.3 is 0 Å². The highest BCUT2D eigenvalue weighted by molar-refractivity contribution is 7.13. The number of aromatic amines is 1. The average molecular weight is 432 g/mol. The van der Waals surface area contributed by atoms with Gasteiger partial charge in [0, 0.05) is 18.2 Å². The summed E-state index contributed by atoms with van der Waals surface area (Å²) in [5, 5.41) is 9.39. The fraction of sp³-hybridized carbons (Fsp3) is 0.130. The number of carbonyl (C=O) groups excluding carboxylic acids is 1. The Morgan fingerprint density at radius 1 is 1.16 bits per heavy atom. The lowest BCUT2D eigenvalue weighted by atomic mass is 10.1. The number of anilines is 1. The topological polar surface area (TPSA) is 92.7 Å². The van der Waals surface area contributed by atoms with Gasteiger partial charge in [-0.3, -0.25) is 14.6 Å². The van der Waals surface area contributed by atoms with Crippen LogP contribution in [0.2, 0.25) is 0 Å². The predicted molar refractivity (Wildman–Crippen MR) is 123 cm³/mol. The fourth-order valence-corrected chi connectivity index (χ4v) is 3.62. The summed E-state index contributed by atoms with van der Waals surface area (Å²) in [5.41, 5.74) is 1.97. The molecule has 0 aliphatic rings. The van der Waals surface area contributed by atoms with Crippen LogP contribution in [-0.4, -0.2) is 25.7 Å². The van der Waals surface area contributed by atoms with E-state index in [1.165, 1.54) is 28.2 Å². The first kappa shape index (κ1) is 20.5. The van der Waals surface area contributed by atoms with E-state index in [2.05, 4.69) is 20.4 Å². The molecule has 0 saturated heterocycles. The largest absolute Gasteiger partial charge is 0.307 e. The molecule has 0 bridgehead atoms. The van der Waals surface area contributed by atoms with Crippen LogP contribution in [0.5, 0.6) is 0 Å². The number of nitrogens with zero attached hydrogens (tertiary/aromatic N) is 3. The predicted octanol–water partition coefficient (Wildman–Crippen LogP) is 4.46. The Hall–Kier alpha value is -3.78. The number of H-pyrrole nitrogens is 1. The minimum Gasteiger partial charge on any atom is -0.307 e. The molecule has 7 nitrogen and oxygen atoms in total. The van der Waals surface area contributed by atoms with Gasteiger partial charge in [-0.25, -0.2) is 4.98 Å². The van der Waals surface area contributed by atoms with Crippen LogP contribution in [0, 0.1) is 0 Å². The maximum atomic E-state index is 12.6. The molecule has 8 heteroatoms. The molecule has 4 rings (SSSR count). The number of rotatable bonds is 6. The molecular formula is C23H21N5O2S. The zero-order valence-electron chi connectivity index (χ0n) is 17.1. The van der Waals surface area contributed by atoms with Gasteiger partial charge in [0.1, 0.15) is 11.5 Å². The van der Waals surface area contributed by atoms with E-state index < -0.39 is 0 Å². The Morgan fingerprint density at radius 2 is 1.97 bits per heavy atom. The molecule has 1 aromatic carbocycles. The number of carbonyl (C=O) groups is 1. The molecule has 2 N–H and O–H groups in total. The van der Waals surface area contributed by atoms with Crippen LogP contribution < -0.4 is 10.9 Å². The van der Waals surface area contributed by atoms with E-state index in [9.17, 15) is 9.59 Å². The van der Waals surface area contributed by atoms with Crippen molar-refractivity contribution in [3.8, 4) is 16.5 Å². The van der Waals surface area contributed by atoms with E-state index in [4.69, 9.17) is 0 Å². The van der Waals surface area contributed by atoms with E-state index in [1.807, 2.05) is 61.7 Å². The number of hydrogen-bond acceptors (Lipinski definition) is 5. The maximum absolute atomic E-state index is 12.6. The summed E-state index contributed by atoms with van der Waals surface area (Å²) in [6.07, 6.45) is 3.19. The van der Waals surface area contributed by atoms with Crippen LogP contribution in [0.3, 0.4) is 0 Å². The minimum absolute atomic E-state index is 0.0697. The van der Waals surface area contributed by atoms with Gasteiger partial charge < -0.3 is 5.32 Å². The smallest absolute Gasteiger partial charge is 0.252 e. The molecule has 0 saturated carbocycles. The second-order valence-corrected chi connectivity index (χ2v) is 8.13. The Labute approximate surface area is 183 Å². The molecule has 1 amide bonds. The third-order valence-corrected chi connectivity index (χ3v) is 5.39.